The highest BCUT2D eigenvalue weighted by Gasteiger charge is 2.25. The Labute approximate surface area is 341 Å². The van der Waals surface area contributed by atoms with E-state index in [-0.39, 0.29) is 56.6 Å². The van der Waals surface area contributed by atoms with Crippen molar-refractivity contribution >= 4 is 29.9 Å². The van der Waals surface area contributed by atoms with Crippen molar-refractivity contribution in [2.45, 2.75) is 111 Å². The van der Waals surface area contributed by atoms with E-state index in [1.54, 1.807) is 0 Å². The van der Waals surface area contributed by atoms with Gasteiger partial charge in [0.15, 0.2) is 0 Å². The molecule has 0 aliphatic carbocycles. The maximum atomic E-state index is 13.0. The second-order valence-corrected chi connectivity index (χ2v) is 17.6. The summed E-state index contributed by atoms with van der Waals surface area (Å²) in [7, 11) is 0. The van der Waals surface area contributed by atoms with Gasteiger partial charge in [0.1, 0.15) is 23.4 Å². The quantitative estimate of drug-likeness (QED) is 0.133. The second kappa shape index (κ2) is 24.9. The molecule has 0 atom stereocenters. The molecule has 15 heteroatoms. The summed E-state index contributed by atoms with van der Waals surface area (Å²) < 4.78 is 22.1. The zero-order valence-electron chi connectivity index (χ0n) is 36.3. The van der Waals surface area contributed by atoms with Gasteiger partial charge in [0.25, 0.3) is 0 Å². The van der Waals surface area contributed by atoms with Crippen LogP contribution in [0.3, 0.4) is 0 Å². The number of ether oxygens (including phenoxy) is 4. The summed E-state index contributed by atoms with van der Waals surface area (Å²) in [4.78, 5) is 71.7. The molecule has 1 fully saturated rings. The number of carbonyl (C=O) groups is 5. The fraction of sp³-hybridized carbons (Fsp3) is 0.738. The van der Waals surface area contributed by atoms with Crippen LogP contribution in [0, 0.1) is 0 Å². The molecule has 0 unspecified atom stereocenters. The van der Waals surface area contributed by atoms with Gasteiger partial charge in [-0.05, 0) is 87.3 Å². The SMILES string of the molecule is CC(C)(C)OC(=O)CN1CCN(CCCCCC(=O)NCCNC(=O)OCc2ccccc2)CCN(CC(=O)OC(C)(C)C)CCN(CC(=O)OC(C)(C)C)CC1. The Morgan fingerprint density at radius 3 is 1.37 bits per heavy atom. The zero-order chi connectivity index (χ0) is 42.5. The van der Waals surface area contributed by atoms with Crippen LogP contribution in [0.1, 0.15) is 93.6 Å². The number of amides is 2. The Balaban J connectivity index is 1.98. The molecule has 324 valence electrons. The lowest BCUT2D eigenvalue weighted by molar-refractivity contribution is -0.158. The van der Waals surface area contributed by atoms with Crippen LogP contribution in [0.2, 0.25) is 0 Å². The van der Waals surface area contributed by atoms with Crippen molar-refractivity contribution in [2.24, 2.45) is 0 Å². The lowest BCUT2D eigenvalue weighted by atomic mass is 10.1. The lowest BCUT2D eigenvalue weighted by Gasteiger charge is -2.34. The van der Waals surface area contributed by atoms with Gasteiger partial charge in [0.05, 0.1) is 19.6 Å². The normalized spacial score (nSPS) is 16.1. The van der Waals surface area contributed by atoms with E-state index in [1.165, 1.54) is 0 Å². The molecule has 0 radical (unpaired) electrons. The summed E-state index contributed by atoms with van der Waals surface area (Å²) in [5.41, 5.74) is -0.945. The number of rotatable bonds is 17. The van der Waals surface area contributed by atoms with E-state index in [4.69, 9.17) is 18.9 Å². The third kappa shape index (κ3) is 26.0. The fourth-order valence-corrected chi connectivity index (χ4v) is 5.97. The highest BCUT2D eigenvalue weighted by Crippen LogP contribution is 2.12. The first kappa shape index (κ1) is 49.4. The minimum absolute atomic E-state index is 0.0722. The Bertz CT molecular complexity index is 1330. The third-order valence-corrected chi connectivity index (χ3v) is 8.56. The van der Waals surface area contributed by atoms with Crippen molar-refractivity contribution in [3.8, 4) is 0 Å². The molecule has 0 saturated carbocycles. The molecule has 0 aromatic heterocycles. The Hall–Kier alpha value is -3.79. The van der Waals surface area contributed by atoms with E-state index < -0.39 is 22.9 Å². The molecule has 1 heterocycles. The summed E-state index contributed by atoms with van der Waals surface area (Å²) in [5.74, 6) is -1.01. The van der Waals surface area contributed by atoms with Crippen molar-refractivity contribution in [3.63, 3.8) is 0 Å². The monoisotopic (exact) mass is 805 g/mol. The van der Waals surface area contributed by atoms with Gasteiger partial charge in [0, 0.05) is 71.9 Å². The van der Waals surface area contributed by atoms with Crippen molar-refractivity contribution in [2.75, 3.05) is 91.6 Å². The first-order valence-corrected chi connectivity index (χ1v) is 20.4. The number of hydrogen-bond donors (Lipinski definition) is 2. The van der Waals surface area contributed by atoms with Crippen LogP contribution in [-0.2, 0) is 44.7 Å². The highest BCUT2D eigenvalue weighted by atomic mass is 16.6. The van der Waals surface area contributed by atoms with Crippen molar-refractivity contribution in [1.29, 1.82) is 0 Å². The second-order valence-electron chi connectivity index (χ2n) is 17.6. The van der Waals surface area contributed by atoms with Gasteiger partial charge in [-0.1, -0.05) is 36.8 Å². The van der Waals surface area contributed by atoms with E-state index in [9.17, 15) is 24.0 Å². The predicted octanol–water partition coefficient (Wildman–Crippen LogP) is 3.84. The van der Waals surface area contributed by atoms with E-state index in [0.29, 0.717) is 65.3 Å². The Morgan fingerprint density at radius 1 is 0.544 bits per heavy atom. The topological polar surface area (TPSA) is 159 Å². The molecule has 2 N–H and O–H groups in total. The first-order valence-electron chi connectivity index (χ1n) is 20.4. The van der Waals surface area contributed by atoms with Gasteiger partial charge < -0.3 is 34.5 Å². The minimum Gasteiger partial charge on any atom is -0.459 e. The maximum Gasteiger partial charge on any atom is 0.407 e. The smallest absolute Gasteiger partial charge is 0.407 e. The number of nitrogens with zero attached hydrogens (tertiary/aromatic N) is 4. The molecule has 1 aromatic rings. The first-order chi connectivity index (χ1) is 26.7. The molecular weight excluding hydrogens is 732 g/mol. The molecule has 1 aliphatic rings. The summed E-state index contributed by atoms with van der Waals surface area (Å²) >= 11 is 0. The van der Waals surface area contributed by atoms with Crippen molar-refractivity contribution in [1.82, 2.24) is 30.2 Å². The van der Waals surface area contributed by atoms with Gasteiger partial charge in [0.2, 0.25) is 5.91 Å². The summed E-state index contributed by atoms with van der Waals surface area (Å²) in [6.07, 6.45) is 2.28. The summed E-state index contributed by atoms with van der Waals surface area (Å²) in [6.45, 7) is 23.1. The molecule has 1 aliphatic heterocycles. The highest BCUT2D eigenvalue weighted by molar-refractivity contribution is 5.76. The number of benzene rings is 1. The summed E-state index contributed by atoms with van der Waals surface area (Å²) in [5, 5.41) is 5.50. The van der Waals surface area contributed by atoms with Crippen LogP contribution in [0.25, 0.3) is 0 Å². The fourth-order valence-electron chi connectivity index (χ4n) is 5.97. The number of alkyl carbamates (subject to hydrolysis) is 1. The summed E-state index contributed by atoms with van der Waals surface area (Å²) in [6, 6.07) is 9.41. The van der Waals surface area contributed by atoms with E-state index in [1.807, 2.05) is 97.5 Å². The molecule has 1 aromatic carbocycles. The Morgan fingerprint density at radius 2 is 0.947 bits per heavy atom. The number of carbonyl (C=O) groups excluding carboxylic acids is 5. The van der Waals surface area contributed by atoms with E-state index in [0.717, 1.165) is 31.4 Å². The number of nitrogens with one attached hydrogen (secondary N) is 2. The van der Waals surface area contributed by atoms with Gasteiger partial charge >= 0.3 is 24.0 Å². The molecule has 15 nitrogen and oxygen atoms in total. The Kier molecular flexibility index (Phi) is 21.5. The number of hydrogen-bond acceptors (Lipinski definition) is 13. The molecule has 2 amide bonds. The van der Waals surface area contributed by atoms with Crippen molar-refractivity contribution < 1.29 is 42.9 Å². The zero-order valence-corrected chi connectivity index (χ0v) is 36.3. The van der Waals surface area contributed by atoms with E-state index in [2.05, 4.69) is 25.3 Å². The number of unbranched alkanes of at least 4 members (excludes halogenated alkanes) is 2. The van der Waals surface area contributed by atoms with Gasteiger partial charge in [-0.15, -0.1) is 0 Å². The van der Waals surface area contributed by atoms with Gasteiger partial charge in [-0.2, -0.15) is 0 Å². The molecule has 1 saturated heterocycles. The third-order valence-electron chi connectivity index (χ3n) is 8.56. The maximum absolute atomic E-state index is 13.0. The average molecular weight is 805 g/mol. The van der Waals surface area contributed by atoms with Gasteiger partial charge in [-0.25, -0.2) is 4.79 Å². The van der Waals surface area contributed by atoms with Crippen LogP contribution in [0.4, 0.5) is 4.79 Å². The van der Waals surface area contributed by atoms with Crippen LogP contribution >= 0.6 is 0 Å². The molecule has 2 rings (SSSR count). The van der Waals surface area contributed by atoms with Crippen molar-refractivity contribution in [3.05, 3.63) is 35.9 Å². The predicted molar refractivity (Wildman–Crippen MR) is 219 cm³/mol. The molecule has 0 bridgehead atoms. The van der Waals surface area contributed by atoms with Crippen LogP contribution in [-0.4, -0.2) is 158 Å². The largest absolute Gasteiger partial charge is 0.459 e. The van der Waals surface area contributed by atoms with Crippen LogP contribution < -0.4 is 10.6 Å². The molecule has 0 spiro atoms. The van der Waals surface area contributed by atoms with E-state index >= 15 is 0 Å². The lowest BCUT2D eigenvalue weighted by Crippen LogP contribution is -2.49. The number of esters is 3. The molecular formula is C42H72N6O9. The standard InChI is InChI=1S/C42H72N6O9/c1-40(2,3)55-36(50)30-46-24-22-45(21-15-11-14-18-35(49)43-19-20-44-39(53)54-33-34-16-12-10-13-17-34)23-25-47(31-37(51)56-41(4,5)6)27-29-48(28-26-46)32-38(52)57-42(7,8)9/h10,12-13,16-17H,11,14-15,18-33H2,1-9H3,(H,43,49)(H,44,53). The average Bonchev–Trinajstić information content (AvgIpc) is 3.07. The molecule has 57 heavy (non-hydrogen) atoms. The van der Waals surface area contributed by atoms with Gasteiger partial charge in [-0.3, -0.25) is 33.9 Å². The van der Waals surface area contributed by atoms with Crippen LogP contribution in [0.15, 0.2) is 30.3 Å². The minimum atomic E-state index is -0.621. The van der Waals surface area contributed by atoms with Crippen LogP contribution in [0.5, 0.6) is 0 Å².